The summed E-state index contributed by atoms with van der Waals surface area (Å²) in [6.07, 6.45) is 2.50. The lowest BCUT2D eigenvalue weighted by Crippen LogP contribution is -2.13. The molecule has 0 spiro atoms. The van der Waals surface area contributed by atoms with E-state index in [1.54, 1.807) is 11.3 Å². The van der Waals surface area contributed by atoms with Crippen molar-refractivity contribution >= 4 is 33.0 Å². The molecular weight excluding hydrogens is 274 g/mol. The highest BCUT2D eigenvalue weighted by Crippen LogP contribution is 2.23. The molecule has 1 N–H and O–H groups in total. The average molecular weight is 288 g/mol. The van der Waals surface area contributed by atoms with Gasteiger partial charge in [0.15, 0.2) is 0 Å². The minimum absolute atomic E-state index is 0.373. The number of halogens is 1. The van der Waals surface area contributed by atoms with Crippen LogP contribution in [0.15, 0.2) is 15.9 Å². The molecule has 1 aromatic rings. The molecule has 2 heterocycles. The van der Waals surface area contributed by atoms with Crippen LogP contribution in [0.2, 0.25) is 0 Å². The summed E-state index contributed by atoms with van der Waals surface area (Å²) >= 11 is 5.06. The number of carbonyl (C=O) groups excluding carboxylic acids is 1. The number of Topliss-reactive ketones (excluding diaryl/α,β-unsaturated/α-hetero) is 1. The van der Waals surface area contributed by atoms with Crippen molar-refractivity contribution in [1.29, 1.82) is 0 Å². The zero-order chi connectivity index (χ0) is 10.7. The molecule has 1 fully saturated rings. The number of hydrogen-bond donors (Lipinski definition) is 1. The molecule has 1 atom stereocenters. The fourth-order valence-electron chi connectivity index (χ4n) is 1.92. The van der Waals surface area contributed by atoms with E-state index in [2.05, 4.69) is 21.2 Å². The van der Waals surface area contributed by atoms with Crippen LogP contribution >= 0.6 is 27.3 Å². The minimum atomic E-state index is 0.373. The maximum atomic E-state index is 11.7. The van der Waals surface area contributed by atoms with Crippen molar-refractivity contribution in [2.75, 3.05) is 13.1 Å². The highest BCUT2D eigenvalue weighted by atomic mass is 79.9. The summed E-state index contributed by atoms with van der Waals surface area (Å²) < 4.78 is 1.10. The van der Waals surface area contributed by atoms with Gasteiger partial charge in [-0.2, -0.15) is 0 Å². The molecule has 1 aliphatic heterocycles. The second-order valence-electron chi connectivity index (χ2n) is 3.98. The van der Waals surface area contributed by atoms with Gasteiger partial charge in [0.2, 0.25) is 0 Å². The van der Waals surface area contributed by atoms with E-state index in [1.165, 1.54) is 0 Å². The first-order valence-electron chi connectivity index (χ1n) is 5.20. The SMILES string of the molecule is O=C(Cc1ccc(Br)s1)CC1CCNC1. The van der Waals surface area contributed by atoms with E-state index in [4.69, 9.17) is 0 Å². The van der Waals surface area contributed by atoms with Crippen molar-refractivity contribution in [1.82, 2.24) is 5.32 Å². The van der Waals surface area contributed by atoms with Crippen molar-refractivity contribution in [3.8, 4) is 0 Å². The molecule has 0 amide bonds. The molecule has 0 aromatic carbocycles. The number of hydrogen-bond acceptors (Lipinski definition) is 3. The summed E-state index contributed by atoms with van der Waals surface area (Å²) in [5, 5.41) is 3.29. The van der Waals surface area contributed by atoms with Crippen molar-refractivity contribution in [3.05, 3.63) is 20.8 Å². The Hall–Kier alpha value is -0.190. The van der Waals surface area contributed by atoms with Crippen molar-refractivity contribution in [2.24, 2.45) is 5.92 Å². The summed E-state index contributed by atoms with van der Waals surface area (Å²) in [5.74, 6) is 0.943. The van der Waals surface area contributed by atoms with Crippen LogP contribution in [-0.2, 0) is 11.2 Å². The Labute approximate surface area is 102 Å². The Morgan fingerprint density at radius 1 is 1.60 bits per heavy atom. The summed E-state index contributed by atoms with van der Waals surface area (Å²) in [7, 11) is 0. The van der Waals surface area contributed by atoms with Gasteiger partial charge in [0.25, 0.3) is 0 Å². The Kier molecular flexibility index (Phi) is 3.94. The second-order valence-corrected chi connectivity index (χ2v) is 6.53. The monoisotopic (exact) mass is 287 g/mol. The zero-order valence-electron chi connectivity index (χ0n) is 8.46. The molecule has 15 heavy (non-hydrogen) atoms. The fourth-order valence-corrected chi connectivity index (χ4v) is 3.44. The van der Waals surface area contributed by atoms with Crippen LogP contribution in [0.1, 0.15) is 17.7 Å². The van der Waals surface area contributed by atoms with E-state index in [-0.39, 0.29) is 0 Å². The van der Waals surface area contributed by atoms with Gasteiger partial charge in [-0.15, -0.1) is 11.3 Å². The Morgan fingerprint density at radius 2 is 2.47 bits per heavy atom. The maximum Gasteiger partial charge on any atom is 0.138 e. The number of carbonyl (C=O) groups is 1. The summed E-state index contributed by atoms with van der Waals surface area (Å²) in [5.41, 5.74) is 0. The molecule has 82 valence electrons. The molecule has 0 radical (unpaired) electrons. The topological polar surface area (TPSA) is 29.1 Å². The molecule has 0 bridgehead atoms. The zero-order valence-corrected chi connectivity index (χ0v) is 10.9. The minimum Gasteiger partial charge on any atom is -0.316 e. The Morgan fingerprint density at radius 3 is 3.07 bits per heavy atom. The molecule has 0 aliphatic carbocycles. The summed E-state index contributed by atoms with van der Waals surface area (Å²) in [6, 6.07) is 4.03. The maximum absolute atomic E-state index is 11.7. The van der Waals surface area contributed by atoms with Gasteiger partial charge in [0.1, 0.15) is 5.78 Å². The average Bonchev–Trinajstić information content (AvgIpc) is 2.77. The smallest absolute Gasteiger partial charge is 0.138 e. The lowest BCUT2D eigenvalue weighted by molar-refractivity contribution is -0.119. The van der Waals surface area contributed by atoms with Gasteiger partial charge in [0.05, 0.1) is 3.79 Å². The molecule has 0 saturated carbocycles. The third kappa shape index (κ3) is 3.40. The predicted octanol–water partition coefficient (Wildman–Crippen LogP) is 2.62. The molecule has 2 nitrogen and oxygen atoms in total. The van der Waals surface area contributed by atoms with E-state index in [1.807, 2.05) is 12.1 Å². The van der Waals surface area contributed by atoms with Crippen LogP contribution in [0.4, 0.5) is 0 Å². The first kappa shape index (κ1) is 11.3. The van der Waals surface area contributed by atoms with Crippen LogP contribution in [0, 0.1) is 5.92 Å². The van der Waals surface area contributed by atoms with E-state index >= 15 is 0 Å². The third-order valence-corrected chi connectivity index (χ3v) is 4.30. The van der Waals surface area contributed by atoms with E-state index in [9.17, 15) is 4.79 Å². The largest absolute Gasteiger partial charge is 0.316 e. The number of rotatable bonds is 4. The van der Waals surface area contributed by atoms with Crippen molar-refractivity contribution in [2.45, 2.75) is 19.3 Å². The van der Waals surface area contributed by atoms with Crippen molar-refractivity contribution in [3.63, 3.8) is 0 Å². The Balaban J connectivity index is 1.81. The summed E-state index contributed by atoms with van der Waals surface area (Å²) in [4.78, 5) is 12.9. The highest BCUT2D eigenvalue weighted by molar-refractivity contribution is 9.11. The third-order valence-electron chi connectivity index (χ3n) is 2.68. The molecule has 1 saturated heterocycles. The first-order chi connectivity index (χ1) is 7.24. The molecule has 1 unspecified atom stereocenters. The lowest BCUT2D eigenvalue weighted by atomic mass is 10.00. The van der Waals surface area contributed by atoms with E-state index < -0.39 is 0 Å². The predicted molar refractivity (Wildman–Crippen MR) is 66.3 cm³/mol. The standard InChI is InChI=1S/C11H14BrNOS/c12-11-2-1-10(15-11)6-9(14)5-8-3-4-13-7-8/h1-2,8,13H,3-7H2. The van der Waals surface area contributed by atoms with Crippen LogP contribution in [0.5, 0.6) is 0 Å². The van der Waals surface area contributed by atoms with E-state index in [0.717, 1.165) is 34.6 Å². The second kappa shape index (κ2) is 5.23. The first-order valence-corrected chi connectivity index (χ1v) is 6.81. The molecule has 1 aliphatic rings. The highest BCUT2D eigenvalue weighted by Gasteiger charge is 2.18. The van der Waals surface area contributed by atoms with Gasteiger partial charge in [-0.1, -0.05) is 0 Å². The van der Waals surface area contributed by atoms with Gasteiger partial charge in [-0.25, -0.2) is 0 Å². The fraction of sp³-hybridized carbons (Fsp3) is 0.545. The van der Waals surface area contributed by atoms with Crippen molar-refractivity contribution < 1.29 is 4.79 Å². The molecule has 1 aromatic heterocycles. The van der Waals surface area contributed by atoms with Gasteiger partial charge < -0.3 is 5.32 Å². The molecule has 4 heteroatoms. The molecular formula is C11H14BrNOS. The van der Waals surface area contributed by atoms with Gasteiger partial charge in [-0.3, -0.25) is 4.79 Å². The van der Waals surface area contributed by atoms with Crippen LogP contribution in [0.3, 0.4) is 0 Å². The van der Waals surface area contributed by atoms with Crippen LogP contribution in [-0.4, -0.2) is 18.9 Å². The summed E-state index contributed by atoms with van der Waals surface area (Å²) in [6.45, 7) is 2.09. The van der Waals surface area contributed by atoms with Crippen LogP contribution in [0.25, 0.3) is 0 Å². The van der Waals surface area contributed by atoms with Gasteiger partial charge >= 0.3 is 0 Å². The van der Waals surface area contributed by atoms with Crippen LogP contribution < -0.4 is 5.32 Å². The quantitative estimate of drug-likeness (QED) is 0.922. The van der Waals surface area contributed by atoms with E-state index in [0.29, 0.717) is 18.1 Å². The molecule has 2 rings (SSSR count). The Bertz CT molecular complexity index is 344. The number of nitrogens with one attached hydrogen (secondary N) is 1. The van der Waals surface area contributed by atoms with Gasteiger partial charge in [0, 0.05) is 17.7 Å². The lowest BCUT2D eigenvalue weighted by Gasteiger charge is -2.05. The normalized spacial score (nSPS) is 20.7. The number of ketones is 1. The van der Waals surface area contributed by atoms with Gasteiger partial charge in [-0.05, 0) is 53.5 Å². The number of thiophene rings is 1.